The Balaban J connectivity index is 0.00000180. The van der Waals surface area contributed by atoms with E-state index in [-0.39, 0.29) is 18.3 Å². The van der Waals surface area contributed by atoms with Crippen LogP contribution in [-0.2, 0) is 11.2 Å². The minimum absolute atomic E-state index is 0. The summed E-state index contributed by atoms with van der Waals surface area (Å²) < 4.78 is 0. The fraction of sp³-hybridized carbons (Fsp3) is 0.250. The van der Waals surface area contributed by atoms with Crippen molar-refractivity contribution < 1.29 is 4.79 Å². The summed E-state index contributed by atoms with van der Waals surface area (Å²) in [5, 5.41) is 9.89. The Morgan fingerprint density at radius 1 is 1.37 bits per heavy atom. The largest absolute Gasteiger partial charge is 0.325 e. The summed E-state index contributed by atoms with van der Waals surface area (Å²) >= 11 is 1.32. The topological polar surface area (TPSA) is 70.7 Å². The zero-order chi connectivity index (χ0) is 12.8. The van der Waals surface area contributed by atoms with Crippen LogP contribution < -0.4 is 5.32 Å². The van der Waals surface area contributed by atoms with Crippen molar-refractivity contribution >= 4 is 35.8 Å². The van der Waals surface area contributed by atoms with Crippen molar-refractivity contribution in [2.45, 2.75) is 18.5 Å². The molecule has 0 saturated carbocycles. The first-order chi connectivity index (χ1) is 8.78. The smallest absolute Gasteiger partial charge is 0.234 e. The van der Waals surface area contributed by atoms with Gasteiger partial charge < -0.3 is 5.32 Å². The third kappa shape index (κ3) is 4.92. The number of amides is 1. The summed E-state index contributed by atoms with van der Waals surface area (Å²) in [6, 6.07) is 7.85. The molecule has 0 bridgehead atoms. The van der Waals surface area contributed by atoms with E-state index >= 15 is 0 Å². The van der Waals surface area contributed by atoms with Crippen LogP contribution in [-0.4, -0.2) is 26.8 Å². The first-order valence-electron chi connectivity index (χ1n) is 5.65. The number of carbonyl (C=O) groups excluding carboxylic acids is 1. The van der Waals surface area contributed by atoms with Crippen molar-refractivity contribution in [3.8, 4) is 0 Å². The van der Waals surface area contributed by atoms with Gasteiger partial charge >= 0.3 is 0 Å². The van der Waals surface area contributed by atoms with Crippen LogP contribution in [0.2, 0.25) is 0 Å². The zero-order valence-corrected chi connectivity index (χ0v) is 12.1. The number of aromatic nitrogens is 3. The molecule has 102 valence electrons. The van der Waals surface area contributed by atoms with Crippen LogP contribution in [0.5, 0.6) is 0 Å². The first kappa shape index (κ1) is 15.5. The van der Waals surface area contributed by atoms with E-state index < -0.39 is 0 Å². The molecule has 2 rings (SSSR count). The lowest BCUT2D eigenvalue weighted by Gasteiger charge is -2.05. The molecule has 0 atom stereocenters. The second kappa shape index (κ2) is 7.81. The summed E-state index contributed by atoms with van der Waals surface area (Å²) in [5.74, 6) is 0.255. The van der Waals surface area contributed by atoms with E-state index in [1.807, 2.05) is 24.3 Å². The summed E-state index contributed by atoms with van der Waals surface area (Å²) in [4.78, 5) is 15.6. The molecule has 0 aliphatic heterocycles. The van der Waals surface area contributed by atoms with Gasteiger partial charge in [-0.2, -0.15) is 5.10 Å². The monoisotopic (exact) mass is 298 g/mol. The van der Waals surface area contributed by atoms with Gasteiger partial charge in [0, 0.05) is 5.69 Å². The normalized spacial score (nSPS) is 9.74. The Bertz CT molecular complexity index is 501. The van der Waals surface area contributed by atoms with Gasteiger partial charge in [0.1, 0.15) is 6.33 Å². The van der Waals surface area contributed by atoms with E-state index in [1.165, 1.54) is 23.7 Å². The van der Waals surface area contributed by atoms with Crippen molar-refractivity contribution in [2.24, 2.45) is 0 Å². The first-order valence-corrected chi connectivity index (χ1v) is 6.63. The van der Waals surface area contributed by atoms with Crippen LogP contribution in [0.3, 0.4) is 0 Å². The van der Waals surface area contributed by atoms with E-state index in [4.69, 9.17) is 0 Å². The molecule has 5 nitrogen and oxygen atoms in total. The fourth-order valence-electron chi connectivity index (χ4n) is 1.42. The molecule has 7 heteroatoms. The molecule has 1 aromatic heterocycles. The van der Waals surface area contributed by atoms with Gasteiger partial charge in [-0.15, -0.1) is 12.4 Å². The van der Waals surface area contributed by atoms with Crippen molar-refractivity contribution in [2.75, 3.05) is 11.1 Å². The Labute approximate surface area is 122 Å². The molecule has 1 heterocycles. The molecule has 0 unspecified atom stereocenters. The van der Waals surface area contributed by atoms with Gasteiger partial charge in [0.25, 0.3) is 0 Å². The van der Waals surface area contributed by atoms with Gasteiger partial charge in [-0.1, -0.05) is 30.8 Å². The average Bonchev–Trinajstić information content (AvgIpc) is 2.90. The average molecular weight is 299 g/mol. The molecule has 0 aliphatic carbocycles. The number of H-pyrrole nitrogens is 1. The second-order valence-corrected chi connectivity index (χ2v) is 4.64. The van der Waals surface area contributed by atoms with Gasteiger partial charge in [-0.25, -0.2) is 4.98 Å². The number of carbonyl (C=O) groups is 1. The number of rotatable bonds is 5. The van der Waals surface area contributed by atoms with Crippen LogP contribution in [0.15, 0.2) is 35.7 Å². The molecule has 0 spiro atoms. The lowest BCUT2D eigenvalue weighted by atomic mass is 10.1. The van der Waals surface area contributed by atoms with Crippen molar-refractivity contribution in [3.05, 3.63) is 36.2 Å². The molecule has 0 saturated heterocycles. The maximum absolute atomic E-state index is 11.7. The van der Waals surface area contributed by atoms with Gasteiger partial charge in [0.15, 0.2) is 5.16 Å². The van der Waals surface area contributed by atoms with E-state index in [0.29, 0.717) is 10.9 Å². The van der Waals surface area contributed by atoms with Gasteiger partial charge in [-0.05, 0) is 24.1 Å². The summed E-state index contributed by atoms with van der Waals surface area (Å²) in [6.07, 6.45) is 2.42. The number of nitrogens with one attached hydrogen (secondary N) is 2. The maximum Gasteiger partial charge on any atom is 0.234 e. The molecule has 0 radical (unpaired) electrons. The van der Waals surface area contributed by atoms with Crippen molar-refractivity contribution in [3.63, 3.8) is 0 Å². The van der Waals surface area contributed by atoms with Gasteiger partial charge in [0.05, 0.1) is 5.75 Å². The second-order valence-electron chi connectivity index (χ2n) is 3.68. The van der Waals surface area contributed by atoms with Gasteiger partial charge in [0.2, 0.25) is 5.91 Å². The van der Waals surface area contributed by atoms with E-state index in [9.17, 15) is 4.79 Å². The standard InChI is InChI=1S/C12H14N4OS.ClH/c1-2-9-3-5-10(6-4-9)15-11(17)7-18-12-13-8-14-16-12;/h3-6,8H,2,7H2,1H3,(H,15,17)(H,13,14,16);1H. The highest BCUT2D eigenvalue weighted by atomic mass is 35.5. The summed E-state index contributed by atoms with van der Waals surface area (Å²) in [7, 11) is 0. The molecule has 1 aromatic carbocycles. The molecule has 2 aromatic rings. The van der Waals surface area contributed by atoms with Crippen LogP contribution in [0.1, 0.15) is 12.5 Å². The molecule has 2 N–H and O–H groups in total. The minimum atomic E-state index is -0.0550. The fourth-order valence-corrected chi connectivity index (χ4v) is 2.00. The molecule has 0 aliphatic rings. The van der Waals surface area contributed by atoms with Crippen LogP contribution >= 0.6 is 24.2 Å². The number of anilines is 1. The Kier molecular flexibility index (Phi) is 6.38. The van der Waals surface area contributed by atoms with E-state index in [1.54, 1.807) is 0 Å². The van der Waals surface area contributed by atoms with Crippen molar-refractivity contribution in [1.82, 2.24) is 15.2 Å². The lowest BCUT2D eigenvalue weighted by molar-refractivity contribution is -0.113. The van der Waals surface area contributed by atoms with E-state index in [0.717, 1.165) is 12.1 Å². The zero-order valence-electron chi connectivity index (χ0n) is 10.4. The van der Waals surface area contributed by atoms with Crippen molar-refractivity contribution in [1.29, 1.82) is 0 Å². The SMILES string of the molecule is CCc1ccc(NC(=O)CSc2ncn[nH]2)cc1.Cl. The number of aromatic amines is 1. The number of benzene rings is 1. The lowest BCUT2D eigenvalue weighted by Crippen LogP contribution is -2.14. The van der Waals surface area contributed by atoms with Crippen LogP contribution in [0, 0.1) is 0 Å². The predicted molar refractivity (Wildman–Crippen MR) is 78.8 cm³/mol. The van der Waals surface area contributed by atoms with Gasteiger partial charge in [-0.3, -0.25) is 9.89 Å². The number of nitrogens with zero attached hydrogens (tertiary/aromatic N) is 2. The highest BCUT2D eigenvalue weighted by Gasteiger charge is 2.05. The van der Waals surface area contributed by atoms with E-state index in [2.05, 4.69) is 27.4 Å². The molecule has 0 fully saturated rings. The molecular weight excluding hydrogens is 284 g/mol. The molecular formula is C12H15ClN4OS. The quantitative estimate of drug-likeness (QED) is 0.832. The Hall–Kier alpha value is -1.53. The number of hydrogen-bond acceptors (Lipinski definition) is 4. The third-order valence-corrected chi connectivity index (χ3v) is 3.26. The number of thioether (sulfide) groups is 1. The van der Waals surface area contributed by atoms with Crippen LogP contribution in [0.25, 0.3) is 0 Å². The minimum Gasteiger partial charge on any atom is -0.325 e. The predicted octanol–water partition coefficient (Wildman–Crippen LogP) is 2.52. The highest BCUT2D eigenvalue weighted by Crippen LogP contribution is 2.13. The highest BCUT2D eigenvalue weighted by molar-refractivity contribution is 7.99. The Morgan fingerprint density at radius 2 is 2.11 bits per heavy atom. The summed E-state index contributed by atoms with van der Waals surface area (Å²) in [6.45, 7) is 2.10. The number of hydrogen-bond donors (Lipinski definition) is 2. The number of aryl methyl sites for hydroxylation is 1. The maximum atomic E-state index is 11.7. The van der Waals surface area contributed by atoms with Crippen LogP contribution in [0.4, 0.5) is 5.69 Å². The Morgan fingerprint density at radius 3 is 2.68 bits per heavy atom. The number of halogens is 1. The third-order valence-electron chi connectivity index (χ3n) is 2.38. The summed E-state index contributed by atoms with van der Waals surface area (Å²) in [5.41, 5.74) is 2.07. The molecule has 1 amide bonds. The molecule has 19 heavy (non-hydrogen) atoms.